The van der Waals surface area contributed by atoms with Crippen LogP contribution in [0.25, 0.3) is 11.2 Å². The van der Waals surface area contributed by atoms with Gasteiger partial charge in [0.1, 0.15) is 30.3 Å². The number of nitrogens with one attached hydrogen (secondary N) is 1. The second-order valence-corrected chi connectivity index (χ2v) is 12.0. The number of ether oxygens (including phenoxy) is 2. The predicted octanol–water partition coefficient (Wildman–Crippen LogP) is 4.34. The van der Waals surface area contributed by atoms with Gasteiger partial charge in [-0.3, -0.25) is 9.36 Å². The van der Waals surface area contributed by atoms with E-state index in [9.17, 15) is 9.36 Å². The molecule has 0 amide bonds. The van der Waals surface area contributed by atoms with Gasteiger partial charge in [-0.25, -0.2) is 20.0 Å². The first-order chi connectivity index (χ1) is 18.2. The first-order valence-corrected chi connectivity index (χ1v) is 14.8. The van der Waals surface area contributed by atoms with E-state index in [0.717, 1.165) is 43.2 Å². The van der Waals surface area contributed by atoms with Crippen LogP contribution in [0.4, 0.5) is 5.82 Å². The summed E-state index contributed by atoms with van der Waals surface area (Å²) in [6.45, 7) is 5.96. The molecule has 3 aromatic rings. The number of hydrogen-bond acceptors (Lipinski definition) is 9. The van der Waals surface area contributed by atoms with Gasteiger partial charge in [-0.05, 0) is 57.6 Å². The molecule has 0 spiro atoms. The van der Waals surface area contributed by atoms with Gasteiger partial charge in [0.25, 0.3) is 7.52 Å². The van der Waals surface area contributed by atoms with Crippen molar-refractivity contribution in [2.75, 3.05) is 12.1 Å². The van der Waals surface area contributed by atoms with Crippen molar-refractivity contribution in [3.05, 3.63) is 48.0 Å². The molecule has 4 rings (SSSR count). The maximum Gasteiger partial charge on any atom is 0.323 e. The molecule has 206 valence electrons. The van der Waals surface area contributed by atoms with E-state index >= 15 is 0 Å². The number of carbonyl (C=O) groups is 1. The number of fused-ring (bicyclic) bond motifs is 1. The molecule has 1 saturated carbocycles. The summed E-state index contributed by atoms with van der Waals surface area (Å²) >= 11 is 0. The van der Waals surface area contributed by atoms with E-state index in [1.807, 2.05) is 38.1 Å². The monoisotopic (exact) mass is 544 g/mol. The van der Waals surface area contributed by atoms with E-state index in [4.69, 9.17) is 19.7 Å². The Kier molecular flexibility index (Phi) is 9.49. The smallest absolute Gasteiger partial charge is 0.323 e. The van der Waals surface area contributed by atoms with Crippen LogP contribution in [0.3, 0.4) is 0 Å². The lowest BCUT2D eigenvalue weighted by Crippen LogP contribution is -2.37. The minimum absolute atomic E-state index is 0.0908. The first-order valence-electron chi connectivity index (χ1n) is 13.0. The van der Waals surface area contributed by atoms with Gasteiger partial charge in [-0.2, -0.15) is 0 Å². The number of nitrogen functional groups attached to an aromatic ring is 1. The molecule has 1 unspecified atom stereocenters. The van der Waals surface area contributed by atoms with Gasteiger partial charge in [0.15, 0.2) is 11.5 Å². The number of anilines is 1. The van der Waals surface area contributed by atoms with Gasteiger partial charge in [0, 0.05) is 0 Å². The Morgan fingerprint density at radius 3 is 2.71 bits per heavy atom. The van der Waals surface area contributed by atoms with Crippen LogP contribution in [0.15, 0.2) is 36.9 Å². The van der Waals surface area contributed by atoms with Crippen LogP contribution in [0.2, 0.25) is 0 Å². The van der Waals surface area contributed by atoms with Crippen LogP contribution >= 0.6 is 7.52 Å². The molecular formula is C26H37N6O5P. The number of rotatable bonds is 12. The zero-order valence-electron chi connectivity index (χ0n) is 22.2. The van der Waals surface area contributed by atoms with E-state index in [-0.39, 0.29) is 25.2 Å². The number of carbonyl (C=O) groups excluding carboxylic acids is 1. The Morgan fingerprint density at radius 2 is 1.95 bits per heavy atom. The molecule has 0 saturated heterocycles. The largest absolute Gasteiger partial charge is 0.461 e. The third-order valence-electron chi connectivity index (χ3n) is 6.68. The lowest BCUT2D eigenvalue weighted by atomic mass is 9.98. The number of benzene rings is 1. The number of nitrogens with two attached hydrogens (primary N) is 1. The molecule has 38 heavy (non-hydrogen) atoms. The van der Waals surface area contributed by atoms with Crippen LogP contribution < -0.4 is 10.8 Å². The molecule has 2 aromatic heterocycles. The van der Waals surface area contributed by atoms with Crippen molar-refractivity contribution in [3.8, 4) is 0 Å². The van der Waals surface area contributed by atoms with Gasteiger partial charge in [-0.15, -0.1) is 0 Å². The minimum Gasteiger partial charge on any atom is -0.461 e. The number of hydrogen-bond donors (Lipinski definition) is 2. The fourth-order valence-corrected chi connectivity index (χ4v) is 6.16. The summed E-state index contributed by atoms with van der Waals surface area (Å²) in [5, 5.41) is 2.90. The zero-order chi connectivity index (χ0) is 27.1. The molecule has 2 heterocycles. The number of nitrogens with zero attached hydrogens (tertiary/aromatic N) is 4. The van der Waals surface area contributed by atoms with Gasteiger partial charge in [-0.1, -0.05) is 30.7 Å². The fraction of sp³-hybridized carbons (Fsp3) is 0.538. The summed E-state index contributed by atoms with van der Waals surface area (Å²) in [6, 6.07) is 6.89. The van der Waals surface area contributed by atoms with Crippen LogP contribution in [-0.2, 0) is 36.5 Å². The summed E-state index contributed by atoms with van der Waals surface area (Å²) < 4.78 is 33.3. The van der Waals surface area contributed by atoms with Crippen molar-refractivity contribution in [1.82, 2.24) is 24.6 Å². The normalized spacial score (nSPS) is 17.7. The summed E-state index contributed by atoms with van der Waals surface area (Å²) in [5.74, 6) is -0.137. The molecule has 11 nitrogen and oxygen atoms in total. The van der Waals surface area contributed by atoms with Crippen molar-refractivity contribution < 1.29 is 23.4 Å². The molecule has 1 aliphatic rings. The molecule has 1 fully saturated rings. The molecule has 1 aliphatic carbocycles. The third kappa shape index (κ3) is 7.38. The molecule has 3 N–H and O–H groups in total. The van der Waals surface area contributed by atoms with Crippen molar-refractivity contribution in [3.63, 3.8) is 0 Å². The Bertz CT molecular complexity index is 1280. The van der Waals surface area contributed by atoms with Gasteiger partial charge >= 0.3 is 5.97 Å². The SMILES string of the molecule is Cc1ccccc1COP(=O)(CO[C@H](C)Cn1cnc2c(N)ncnc21)N[C@@H](C)C(=O)OC1CCCCC1. The second-order valence-electron chi connectivity index (χ2n) is 9.86. The number of aryl methyl sites for hydroxylation is 1. The second kappa shape index (κ2) is 12.8. The topological polar surface area (TPSA) is 143 Å². The quantitative estimate of drug-likeness (QED) is 0.250. The highest BCUT2D eigenvalue weighted by Gasteiger charge is 2.32. The third-order valence-corrected chi connectivity index (χ3v) is 8.50. The van der Waals surface area contributed by atoms with Crippen LogP contribution in [0, 0.1) is 6.92 Å². The van der Waals surface area contributed by atoms with Gasteiger partial charge < -0.3 is 24.3 Å². The molecule has 0 aliphatic heterocycles. The van der Waals surface area contributed by atoms with E-state index < -0.39 is 19.5 Å². The highest BCUT2D eigenvalue weighted by molar-refractivity contribution is 7.56. The summed E-state index contributed by atoms with van der Waals surface area (Å²) in [6.07, 6.45) is 7.29. The van der Waals surface area contributed by atoms with Crippen molar-refractivity contribution in [2.45, 2.75) is 84.3 Å². The van der Waals surface area contributed by atoms with Crippen molar-refractivity contribution >= 4 is 30.5 Å². The van der Waals surface area contributed by atoms with E-state index in [2.05, 4.69) is 20.0 Å². The molecule has 3 atom stereocenters. The van der Waals surface area contributed by atoms with Crippen molar-refractivity contribution in [2.24, 2.45) is 0 Å². The highest BCUT2D eigenvalue weighted by atomic mass is 31.2. The lowest BCUT2D eigenvalue weighted by molar-refractivity contribution is -0.152. The standard InChI is InChI=1S/C26H37N6O5P/c1-18-9-7-8-10-21(18)14-36-38(34,31-20(3)26(33)37-22-11-5-4-6-12-22)17-35-19(2)13-32-16-30-23-24(27)28-15-29-25(23)32/h7-10,15-16,19-20,22H,4-6,11-14,17H2,1-3H3,(H,31,34)(H2,27,28,29)/t19-,20+,38?/m1/s1. The van der Waals surface area contributed by atoms with Crippen LogP contribution in [0.1, 0.15) is 57.1 Å². The first kappa shape index (κ1) is 28.2. The predicted molar refractivity (Wildman–Crippen MR) is 144 cm³/mol. The molecule has 1 aromatic carbocycles. The maximum atomic E-state index is 13.9. The zero-order valence-corrected chi connectivity index (χ0v) is 23.1. The number of esters is 1. The fourth-order valence-electron chi connectivity index (χ4n) is 4.44. The molecule has 0 bridgehead atoms. The maximum absolute atomic E-state index is 13.9. The number of imidazole rings is 1. The van der Waals surface area contributed by atoms with Gasteiger partial charge in [0.2, 0.25) is 0 Å². The van der Waals surface area contributed by atoms with E-state index in [0.29, 0.717) is 23.5 Å². The summed E-state index contributed by atoms with van der Waals surface area (Å²) in [5.41, 5.74) is 8.90. The Morgan fingerprint density at radius 1 is 1.18 bits per heavy atom. The van der Waals surface area contributed by atoms with E-state index in [1.54, 1.807) is 17.8 Å². The Labute approximate surface area is 223 Å². The van der Waals surface area contributed by atoms with E-state index in [1.165, 1.54) is 6.33 Å². The summed E-state index contributed by atoms with van der Waals surface area (Å²) in [7, 11) is -3.61. The molecule has 0 radical (unpaired) electrons. The highest BCUT2D eigenvalue weighted by Crippen LogP contribution is 2.44. The Balaban J connectivity index is 1.41. The van der Waals surface area contributed by atoms with Crippen molar-refractivity contribution in [1.29, 1.82) is 0 Å². The number of aromatic nitrogens is 4. The molecule has 12 heteroatoms. The average Bonchev–Trinajstić information content (AvgIpc) is 3.31. The average molecular weight is 545 g/mol. The lowest BCUT2D eigenvalue weighted by Gasteiger charge is -2.27. The minimum atomic E-state index is -3.61. The molecular weight excluding hydrogens is 507 g/mol. The van der Waals surface area contributed by atoms with Gasteiger partial charge in [0.05, 0.1) is 25.6 Å². The Hall–Kier alpha value is -2.85. The summed E-state index contributed by atoms with van der Waals surface area (Å²) in [4.78, 5) is 25.3. The van der Waals surface area contributed by atoms with Crippen LogP contribution in [-0.4, -0.2) is 50.1 Å². The van der Waals surface area contributed by atoms with Crippen LogP contribution in [0.5, 0.6) is 0 Å².